The molecule has 1 aromatic heterocycles. The highest BCUT2D eigenvalue weighted by Gasteiger charge is 2.18. The third-order valence-electron chi connectivity index (χ3n) is 3.10. The Hall–Kier alpha value is -0.900. The molecule has 0 unspecified atom stereocenters. The second-order valence-electron chi connectivity index (χ2n) is 4.40. The summed E-state index contributed by atoms with van der Waals surface area (Å²) < 4.78 is 0. The monoisotopic (exact) mass is 237 g/mol. The van der Waals surface area contributed by atoms with Gasteiger partial charge in [0.15, 0.2) is 0 Å². The van der Waals surface area contributed by atoms with Crippen molar-refractivity contribution in [1.29, 1.82) is 0 Å². The molecule has 2 rings (SSSR count). The number of amidine groups is 1. The zero-order chi connectivity index (χ0) is 11.4. The van der Waals surface area contributed by atoms with Crippen molar-refractivity contribution in [2.75, 3.05) is 6.54 Å². The number of hydrogen-bond donors (Lipinski definition) is 1. The zero-order valence-corrected chi connectivity index (χ0v) is 10.6. The Labute approximate surface area is 101 Å². The van der Waals surface area contributed by atoms with Gasteiger partial charge >= 0.3 is 0 Å². The topological polar surface area (TPSA) is 51.3 Å². The van der Waals surface area contributed by atoms with Crippen LogP contribution in [-0.2, 0) is 6.42 Å². The smallest absolute Gasteiger partial charge is 0.0968 e. The highest BCUT2D eigenvalue weighted by atomic mass is 32.1. The molecule has 0 amide bonds. The Morgan fingerprint density at radius 2 is 2.31 bits per heavy atom. The van der Waals surface area contributed by atoms with Crippen molar-refractivity contribution in [3.63, 3.8) is 0 Å². The van der Waals surface area contributed by atoms with Gasteiger partial charge in [-0.2, -0.15) is 0 Å². The minimum Gasteiger partial charge on any atom is -0.387 e. The number of rotatable bonds is 4. The molecule has 1 aliphatic rings. The fourth-order valence-electron chi connectivity index (χ4n) is 2.17. The minimum atomic E-state index is 0.553. The van der Waals surface area contributed by atoms with Gasteiger partial charge in [0.25, 0.3) is 0 Å². The summed E-state index contributed by atoms with van der Waals surface area (Å²) >= 11 is 1.70. The number of aliphatic imine (C=N–C) groups is 1. The standard InChI is InChI=1S/C12H19N3S/c1-9-15-11(8-16-9)6-7-14-12(13)10-4-2-3-5-10/h8,10H,2-7H2,1H3,(H2,13,14). The molecule has 2 N–H and O–H groups in total. The molecule has 0 bridgehead atoms. The minimum absolute atomic E-state index is 0.553. The first-order valence-corrected chi connectivity index (χ1v) is 6.84. The van der Waals surface area contributed by atoms with Crippen LogP contribution in [0.1, 0.15) is 36.4 Å². The molecule has 0 atom stereocenters. The third-order valence-corrected chi connectivity index (χ3v) is 3.92. The van der Waals surface area contributed by atoms with E-state index in [1.54, 1.807) is 11.3 Å². The van der Waals surface area contributed by atoms with E-state index in [0.717, 1.165) is 29.5 Å². The molecule has 3 nitrogen and oxygen atoms in total. The van der Waals surface area contributed by atoms with Crippen molar-refractivity contribution in [2.24, 2.45) is 16.6 Å². The molecule has 0 aliphatic heterocycles. The van der Waals surface area contributed by atoms with E-state index < -0.39 is 0 Å². The molecule has 0 aromatic carbocycles. The molecule has 0 radical (unpaired) electrons. The molecular weight excluding hydrogens is 218 g/mol. The van der Waals surface area contributed by atoms with Gasteiger partial charge in [-0.05, 0) is 19.8 Å². The lowest BCUT2D eigenvalue weighted by Gasteiger charge is -2.07. The van der Waals surface area contributed by atoms with Crippen molar-refractivity contribution in [1.82, 2.24) is 4.98 Å². The first kappa shape index (κ1) is 11.6. The molecule has 1 aromatic rings. The Morgan fingerprint density at radius 3 is 2.94 bits per heavy atom. The van der Waals surface area contributed by atoms with Crippen LogP contribution in [0.15, 0.2) is 10.4 Å². The maximum atomic E-state index is 5.98. The summed E-state index contributed by atoms with van der Waals surface area (Å²) in [4.78, 5) is 8.88. The lowest BCUT2D eigenvalue weighted by Crippen LogP contribution is -2.21. The lowest BCUT2D eigenvalue weighted by atomic mass is 10.1. The lowest BCUT2D eigenvalue weighted by molar-refractivity contribution is 0.714. The fraction of sp³-hybridized carbons (Fsp3) is 0.667. The van der Waals surface area contributed by atoms with E-state index in [1.807, 2.05) is 6.92 Å². The van der Waals surface area contributed by atoms with Crippen molar-refractivity contribution in [3.8, 4) is 0 Å². The molecule has 1 heterocycles. The van der Waals surface area contributed by atoms with Gasteiger partial charge in [-0.1, -0.05) is 12.8 Å². The highest BCUT2D eigenvalue weighted by Crippen LogP contribution is 2.24. The average Bonchev–Trinajstić information content (AvgIpc) is 2.89. The van der Waals surface area contributed by atoms with Crippen LogP contribution in [0.3, 0.4) is 0 Å². The van der Waals surface area contributed by atoms with Crippen LogP contribution in [0.5, 0.6) is 0 Å². The quantitative estimate of drug-likeness (QED) is 0.646. The summed E-state index contributed by atoms with van der Waals surface area (Å²) in [6, 6.07) is 0. The predicted molar refractivity (Wildman–Crippen MR) is 69.0 cm³/mol. The van der Waals surface area contributed by atoms with Crippen molar-refractivity contribution in [3.05, 3.63) is 16.1 Å². The maximum absolute atomic E-state index is 5.98. The summed E-state index contributed by atoms with van der Waals surface area (Å²) in [6.07, 6.45) is 5.99. The Morgan fingerprint density at radius 1 is 1.56 bits per heavy atom. The molecule has 1 saturated carbocycles. The van der Waals surface area contributed by atoms with Gasteiger partial charge in [-0.25, -0.2) is 4.98 Å². The number of nitrogens with zero attached hydrogens (tertiary/aromatic N) is 2. The van der Waals surface area contributed by atoms with E-state index in [2.05, 4.69) is 15.4 Å². The van der Waals surface area contributed by atoms with Gasteiger partial charge < -0.3 is 5.73 Å². The Bertz CT molecular complexity index is 364. The Balaban J connectivity index is 1.79. The van der Waals surface area contributed by atoms with E-state index in [9.17, 15) is 0 Å². The van der Waals surface area contributed by atoms with Gasteiger partial charge in [0, 0.05) is 24.3 Å². The predicted octanol–water partition coefficient (Wildman–Crippen LogP) is 2.54. The molecular formula is C12H19N3S. The number of nitrogens with two attached hydrogens (primary N) is 1. The van der Waals surface area contributed by atoms with Gasteiger partial charge in [-0.3, -0.25) is 4.99 Å². The van der Waals surface area contributed by atoms with E-state index in [0.29, 0.717) is 5.92 Å². The number of hydrogen-bond acceptors (Lipinski definition) is 3. The first-order chi connectivity index (χ1) is 7.75. The summed E-state index contributed by atoms with van der Waals surface area (Å²) in [5.74, 6) is 1.42. The SMILES string of the molecule is Cc1nc(CCN=C(N)C2CCCC2)cs1. The van der Waals surface area contributed by atoms with Crippen LogP contribution >= 0.6 is 11.3 Å². The molecule has 1 fully saturated rings. The molecule has 0 saturated heterocycles. The van der Waals surface area contributed by atoms with Crippen LogP contribution in [0.4, 0.5) is 0 Å². The second-order valence-corrected chi connectivity index (χ2v) is 5.46. The molecule has 1 aliphatic carbocycles. The summed E-state index contributed by atoms with van der Waals surface area (Å²) in [5.41, 5.74) is 7.12. The van der Waals surface area contributed by atoms with E-state index in [-0.39, 0.29) is 0 Å². The van der Waals surface area contributed by atoms with Gasteiger partial charge in [-0.15, -0.1) is 11.3 Å². The van der Waals surface area contributed by atoms with Crippen molar-refractivity contribution >= 4 is 17.2 Å². The second kappa shape index (κ2) is 5.43. The van der Waals surface area contributed by atoms with E-state index in [1.165, 1.54) is 25.7 Å². The van der Waals surface area contributed by atoms with Crippen LogP contribution in [0, 0.1) is 12.8 Å². The normalized spacial score (nSPS) is 18.2. The first-order valence-electron chi connectivity index (χ1n) is 5.96. The largest absolute Gasteiger partial charge is 0.387 e. The summed E-state index contributed by atoms with van der Waals surface area (Å²) in [7, 11) is 0. The molecule has 88 valence electrons. The van der Waals surface area contributed by atoms with Gasteiger partial charge in [0.1, 0.15) is 0 Å². The zero-order valence-electron chi connectivity index (χ0n) is 9.78. The van der Waals surface area contributed by atoms with Gasteiger partial charge in [0.2, 0.25) is 0 Å². The van der Waals surface area contributed by atoms with Crippen molar-refractivity contribution < 1.29 is 0 Å². The highest BCUT2D eigenvalue weighted by molar-refractivity contribution is 7.09. The fourth-order valence-corrected chi connectivity index (χ4v) is 2.82. The van der Waals surface area contributed by atoms with E-state index in [4.69, 9.17) is 5.73 Å². The van der Waals surface area contributed by atoms with E-state index >= 15 is 0 Å². The van der Waals surface area contributed by atoms with Crippen LogP contribution in [0.25, 0.3) is 0 Å². The Kier molecular flexibility index (Phi) is 3.93. The molecule has 16 heavy (non-hydrogen) atoms. The summed E-state index contributed by atoms with van der Waals surface area (Å²) in [6.45, 7) is 2.82. The average molecular weight is 237 g/mol. The maximum Gasteiger partial charge on any atom is 0.0968 e. The number of aryl methyl sites for hydroxylation is 1. The van der Waals surface area contributed by atoms with Crippen LogP contribution in [-0.4, -0.2) is 17.4 Å². The van der Waals surface area contributed by atoms with Crippen LogP contribution < -0.4 is 5.73 Å². The molecule has 0 spiro atoms. The summed E-state index contributed by atoms with van der Waals surface area (Å²) in [5, 5.41) is 3.24. The van der Waals surface area contributed by atoms with Crippen molar-refractivity contribution in [2.45, 2.75) is 39.0 Å². The molecule has 4 heteroatoms. The van der Waals surface area contributed by atoms with Crippen LogP contribution in [0.2, 0.25) is 0 Å². The number of thiazole rings is 1. The third kappa shape index (κ3) is 3.04. The number of aromatic nitrogens is 1. The van der Waals surface area contributed by atoms with Gasteiger partial charge in [0.05, 0.1) is 16.5 Å².